The fraction of sp³-hybridized carbons (Fsp3) is 0.944. The van der Waals surface area contributed by atoms with Gasteiger partial charge in [-0.25, -0.2) is 0 Å². The summed E-state index contributed by atoms with van der Waals surface area (Å²) in [5.74, 6) is -1.00. The molecule has 0 saturated carbocycles. The summed E-state index contributed by atoms with van der Waals surface area (Å²) in [5, 5.41) is 39.9. The Kier molecular flexibility index (Phi) is 20.1. The first kappa shape index (κ1) is 26.6. The van der Waals surface area contributed by atoms with Crippen molar-refractivity contribution in [2.75, 3.05) is 0 Å². The molecule has 0 aromatic carbocycles. The van der Waals surface area contributed by atoms with E-state index in [0.717, 1.165) is 44.9 Å². The van der Waals surface area contributed by atoms with Crippen LogP contribution >= 0.6 is 0 Å². The summed E-state index contributed by atoms with van der Waals surface area (Å²) in [6, 6.07) is 0. The summed E-state index contributed by atoms with van der Waals surface area (Å²) in [4.78, 5) is 10.2. The van der Waals surface area contributed by atoms with Gasteiger partial charge in [0.15, 0.2) is 0 Å². The van der Waals surface area contributed by atoms with Crippen LogP contribution in [0.15, 0.2) is 0 Å². The largest absolute Gasteiger partial charge is 1.00 e. The van der Waals surface area contributed by atoms with Gasteiger partial charge in [0.05, 0.1) is 18.3 Å². The van der Waals surface area contributed by atoms with E-state index in [1.807, 2.05) is 0 Å². The van der Waals surface area contributed by atoms with E-state index in [1.54, 1.807) is 0 Å². The Bertz CT molecular complexity index is 289. The Morgan fingerprint density at radius 2 is 1.38 bits per heavy atom. The molecule has 0 aliphatic rings. The van der Waals surface area contributed by atoms with E-state index in [4.69, 9.17) is 0 Å². The van der Waals surface area contributed by atoms with E-state index in [2.05, 4.69) is 6.92 Å². The number of hydrogen-bond donors (Lipinski definition) is 3. The molecule has 3 atom stereocenters. The van der Waals surface area contributed by atoms with Crippen LogP contribution in [-0.2, 0) is 4.79 Å². The Morgan fingerprint density at radius 3 is 2.00 bits per heavy atom. The van der Waals surface area contributed by atoms with Gasteiger partial charge in [-0.1, -0.05) is 58.3 Å². The number of carbonyl (C=O) groups excluding carboxylic acids is 1. The Morgan fingerprint density at radius 1 is 0.833 bits per heavy atom. The van der Waals surface area contributed by atoms with Crippen LogP contribution in [0.5, 0.6) is 0 Å². The summed E-state index contributed by atoms with van der Waals surface area (Å²) in [6.45, 7) is 2.14. The fourth-order valence-electron chi connectivity index (χ4n) is 2.71. The van der Waals surface area contributed by atoms with Crippen molar-refractivity contribution in [3.05, 3.63) is 0 Å². The Labute approximate surface area is 169 Å². The van der Waals surface area contributed by atoms with Crippen LogP contribution in [0.25, 0.3) is 0 Å². The van der Waals surface area contributed by atoms with Crippen LogP contribution < -0.4 is 34.7 Å². The molecule has 0 radical (unpaired) electrons. The number of carboxylic acids is 1. The third-order valence-corrected chi connectivity index (χ3v) is 4.23. The van der Waals surface area contributed by atoms with Crippen LogP contribution in [0, 0.1) is 0 Å². The van der Waals surface area contributed by atoms with Crippen LogP contribution in [0.2, 0.25) is 0 Å². The predicted molar refractivity (Wildman–Crippen MR) is 88.7 cm³/mol. The van der Waals surface area contributed by atoms with Crippen molar-refractivity contribution in [1.29, 1.82) is 0 Å². The monoisotopic (exact) mass is 354 g/mol. The molecule has 0 amide bonds. The zero-order valence-electron chi connectivity index (χ0n) is 15.6. The molecule has 138 valence electrons. The number of aliphatic carboxylic acids is 1. The molecule has 6 heteroatoms. The maximum Gasteiger partial charge on any atom is 1.00 e. The average Bonchev–Trinajstić information content (AvgIpc) is 2.50. The SMILES string of the molecule is CCCCCCC(O)CC(O)C(O)CCCCCCCC(=O)[O-].[Na+]. The quantitative estimate of drug-likeness (QED) is 0.242. The van der Waals surface area contributed by atoms with Gasteiger partial charge in [0.2, 0.25) is 0 Å². The minimum Gasteiger partial charge on any atom is -0.550 e. The van der Waals surface area contributed by atoms with Crippen molar-refractivity contribution in [1.82, 2.24) is 0 Å². The van der Waals surface area contributed by atoms with Gasteiger partial charge < -0.3 is 25.2 Å². The maximum absolute atomic E-state index is 10.2. The third-order valence-electron chi connectivity index (χ3n) is 4.23. The van der Waals surface area contributed by atoms with Crippen molar-refractivity contribution in [3.63, 3.8) is 0 Å². The molecule has 0 rings (SSSR count). The van der Waals surface area contributed by atoms with Gasteiger partial charge in [0, 0.05) is 12.4 Å². The van der Waals surface area contributed by atoms with Gasteiger partial charge in [-0.15, -0.1) is 0 Å². The first-order valence-corrected chi connectivity index (χ1v) is 9.21. The number of rotatable bonds is 16. The minimum absolute atomic E-state index is 0. The third kappa shape index (κ3) is 17.2. The molecular weight excluding hydrogens is 319 g/mol. The molecular formula is C18H35NaO5. The van der Waals surface area contributed by atoms with Crippen LogP contribution in [0.4, 0.5) is 0 Å². The summed E-state index contributed by atoms with van der Waals surface area (Å²) in [5.41, 5.74) is 0. The van der Waals surface area contributed by atoms with Gasteiger partial charge in [-0.3, -0.25) is 0 Å². The standard InChI is InChI=1S/C18H36O5.Na/c1-2-3-4-8-11-15(19)14-17(21)16(20)12-9-6-5-7-10-13-18(22)23;/h15-17,19-21H,2-14H2,1H3,(H,22,23);/q;+1/p-1. The summed E-state index contributed by atoms with van der Waals surface area (Å²) in [6.07, 6.45) is 7.87. The number of aliphatic hydroxyl groups is 3. The van der Waals surface area contributed by atoms with Crippen LogP contribution in [0.3, 0.4) is 0 Å². The average molecular weight is 354 g/mol. The minimum atomic E-state index is -1.00. The summed E-state index contributed by atoms with van der Waals surface area (Å²) in [7, 11) is 0. The molecule has 0 aliphatic heterocycles. The van der Waals surface area contributed by atoms with Gasteiger partial charge in [-0.2, -0.15) is 0 Å². The molecule has 0 aromatic rings. The van der Waals surface area contributed by atoms with E-state index in [1.165, 1.54) is 6.42 Å². The molecule has 0 aromatic heterocycles. The first-order valence-electron chi connectivity index (χ1n) is 9.21. The molecule has 5 nitrogen and oxygen atoms in total. The van der Waals surface area contributed by atoms with Gasteiger partial charge in [-0.05, 0) is 25.7 Å². The molecule has 0 saturated heterocycles. The van der Waals surface area contributed by atoms with Gasteiger partial charge >= 0.3 is 29.6 Å². The molecule has 0 heterocycles. The van der Waals surface area contributed by atoms with E-state index in [9.17, 15) is 25.2 Å². The van der Waals surface area contributed by atoms with E-state index >= 15 is 0 Å². The second-order valence-corrected chi connectivity index (χ2v) is 6.55. The van der Waals surface area contributed by atoms with Crippen molar-refractivity contribution >= 4 is 5.97 Å². The smallest absolute Gasteiger partial charge is 0.550 e. The molecule has 0 aliphatic carbocycles. The molecule has 3 N–H and O–H groups in total. The number of hydrogen-bond acceptors (Lipinski definition) is 5. The van der Waals surface area contributed by atoms with E-state index in [-0.39, 0.29) is 42.4 Å². The second kappa shape index (κ2) is 18.2. The van der Waals surface area contributed by atoms with Crippen LogP contribution in [-0.4, -0.2) is 39.6 Å². The summed E-state index contributed by atoms with van der Waals surface area (Å²) < 4.78 is 0. The van der Waals surface area contributed by atoms with Crippen LogP contribution in [0.1, 0.15) is 90.4 Å². The van der Waals surface area contributed by atoms with Gasteiger partial charge in [0.25, 0.3) is 0 Å². The first-order chi connectivity index (χ1) is 11.0. The second-order valence-electron chi connectivity index (χ2n) is 6.55. The Balaban J connectivity index is 0. The van der Waals surface area contributed by atoms with Crippen molar-refractivity contribution in [3.8, 4) is 0 Å². The van der Waals surface area contributed by atoms with Crippen molar-refractivity contribution < 1.29 is 54.8 Å². The van der Waals surface area contributed by atoms with E-state index < -0.39 is 24.3 Å². The van der Waals surface area contributed by atoms with Crippen molar-refractivity contribution in [2.45, 2.75) is 109 Å². The number of carbonyl (C=O) groups is 1. The molecule has 0 bridgehead atoms. The van der Waals surface area contributed by atoms with Crippen molar-refractivity contribution in [2.24, 2.45) is 0 Å². The topological polar surface area (TPSA) is 101 Å². The number of carboxylic acid groups (broad SMARTS) is 1. The maximum atomic E-state index is 10.2. The predicted octanol–water partition coefficient (Wildman–Crippen LogP) is -1.09. The molecule has 3 unspecified atom stereocenters. The Hall–Kier alpha value is 0.350. The zero-order valence-corrected chi connectivity index (χ0v) is 17.6. The van der Waals surface area contributed by atoms with E-state index in [0.29, 0.717) is 19.3 Å². The summed E-state index contributed by atoms with van der Waals surface area (Å²) >= 11 is 0. The number of aliphatic hydroxyl groups excluding tert-OH is 3. The molecule has 24 heavy (non-hydrogen) atoms. The zero-order chi connectivity index (χ0) is 17.5. The van der Waals surface area contributed by atoms with Gasteiger partial charge in [0.1, 0.15) is 0 Å². The molecule has 0 spiro atoms. The normalized spacial score (nSPS) is 14.7. The fourth-order valence-corrected chi connectivity index (χ4v) is 2.71. The number of unbranched alkanes of at least 4 members (excludes halogenated alkanes) is 7. The molecule has 0 fully saturated rings.